The van der Waals surface area contributed by atoms with E-state index in [9.17, 15) is 20.1 Å². The highest BCUT2D eigenvalue weighted by molar-refractivity contribution is 5.75. The molecule has 7 nitrogen and oxygen atoms in total. The van der Waals surface area contributed by atoms with Crippen LogP contribution in [0.1, 0.15) is 58.1 Å². The van der Waals surface area contributed by atoms with Gasteiger partial charge in [0.15, 0.2) is 6.10 Å². The lowest BCUT2D eigenvalue weighted by atomic mass is 9.76. The number of esters is 1. The van der Waals surface area contributed by atoms with E-state index in [2.05, 4.69) is 13.8 Å². The molecule has 1 aromatic carbocycles. The zero-order valence-corrected chi connectivity index (χ0v) is 21.4. The van der Waals surface area contributed by atoms with Gasteiger partial charge in [0.05, 0.1) is 18.3 Å². The second-order valence-corrected chi connectivity index (χ2v) is 9.88. The fourth-order valence-corrected chi connectivity index (χ4v) is 4.56. The van der Waals surface area contributed by atoms with Crippen LogP contribution < -0.4 is 0 Å². The van der Waals surface area contributed by atoms with Crippen molar-refractivity contribution < 1.29 is 34.3 Å². The number of fused-ring (bicyclic) bond motifs is 2. The minimum absolute atomic E-state index is 0.0127. The van der Waals surface area contributed by atoms with Gasteiger partial charge in [0.1, 0.15) is 6.10 Å². The molecular weight excluding hydrogens is 436 g/mol. The van der Waals surface area contributed by atoms with Crippen LogP contribution >= 0.6 is 0 Å². The standard InChI is InChI=1S/C27H42O7/c1-7-18(16-28)11-17(2)23-14-21(32-5)15-24(33-6)27(3,4)20-10-8-9-19(12-20)13-22(29)25(30)26(31)34-23/h8-12,18,21-25,28-30H,7,13-16H2,1-6H3. The molecule has 192 valence electrons. The van der Waals surface area contributed by atoms with Crippen LogP contribution in [0, 0.1) is 5.92 Å². The van der Waals surface area contributed by atoms with E-state index in [0.717, 1.165) is 23.1 Å². The van der Waals surface area contributed by atoms with Crippen molar-refractivity contribution in [1.82, 2.24) is 0 Å². The van der Waals surface area contributed by atoms with Crippen molar-refractivity contribution in [2.45, 2.75) is 89.3 Å². The first-order chi connectivity index (χ1) is 16.1. The summed E-state index contributed by atoms with van der Waals surface area (Å²) in [7, 11) is 3.30. The van der Waals surface area contributed by atoms with E-state index in [-0.39, 0.29) is 36.6 Å². The first-order valence-corrected chi connectivity index (χ1v) is 12.1. The molecule has 3 N–H and O–H groups in total. The van der Waals surface area contributed by atoms with Crippen LogP contribution in [0.15, 0.2) is 35.9 Å². The second-order valence-electron chi connectivity index (χ2n) is 9.88. The molecule has 2 rings (SSSR count). The third-order valence-electron chi connectivity index (χ3n) is 7.12. The van der Waals surface area contributed by atoms with Crippen molar-refractivity contribution in [3.63, 3.8) is 0 Å². The SMILES string of the molecule is CCC(C=C(C)C1CC(OC)CC(OC)C(C)(C)c2cccc(c2)CC(O)C(O)C(=O)O1)CO. The van der Waals surface area contributed by atoms with E-state index in [1.165, 1.54) is 0 Å². The molecule has 0 amide bonds. The van der Waals surface area contributed by atoms with E-state index in [1.54, 1.807) is 14.2 Å². The van der Waals surface area contributed by atoms with Crippen LogP contribution in [0.25, 0.3) is 0 Å². The van der Waals surface area contributed by atoms with Crippen LogP contribution in [-0.2, 0) is 30.8 Å². The minimum Gasteiger partial charge on any atom is -0.456 e. The molecule has 0 spiro atoms. The van der Waals surface area contributed by atoms with Gasteiger partial charge < -0.3 is 29.5 Å². The van der Waals surface area contributed by atoms with E-state index in [1.807, 2.05) is 44.2 Å². The molecule has 0 radical (unpaired) electrons. The molecule has 6 unspecified atom stereocenters. The average Bonchev–Trinajstić information content (AvgIpc) is 2.82. The number of aliphatic hydroxyl groups is 3. The Hall–Kier alpha value is -1.77. The second kappa shape index (κ2) is 12.8. The molecule has 0 aliphatic carbocycles. The van der Waals surface area contributed by atoms with Gasteiger partial charge in [-0.05, 0) is 30.0 Å². The number of carbonyl (C=O) groups excluding carboxylic acids is 1. The van der Waals surface area contributed by atoms with Gasteiger partial charge >= 0.3 is 5.97 Å². The minimum atomic E-state index is -1.68. The lowest BCUT2D eigenvalue weighted by molar-refractivity contribution is -0.165. The maximum Gasteiger partial charge on any atom is 0.338 e. The van der Waals surface area contributed by atoms with Crippen LogP contribution in [0.5, 0.6) is 0 Å². The Morgan fingerprint density at radius 2 is 1.94 bits per heavy atom. The van der Waals surface area contributed by atoms with Crippen molar-refractivity contribution in [1.29, 1.82) is 0 Å². The molecule has 1 aromatic rings. The maximum absolute atomic E-state index is 12.8. The summed E-state index contributed by atoms with van der Waals surface area (Å²) in [6.07, 6.45) is -0.486. The van der Waals surface area contributed by atoms with Gasteiger partial charge in [-0.25, -0.2) is 4.79 Å². The summed E-state index contributed by atoms with van der Waals surface area (Å²) in [5.41, 5.74) is 2.25. The lowest BCUT2D eigenvalue weighted by Crippen LogP contribution is -2.42. The van der Waals surface area contributed by atoms with Gasteiger partial charge in [-0.15, -0.1) is 0 Å². The summed E-state index contributed by atoms with van der Waals surface area (Å²) in [6.45, 7) is 8.03. The number of carbonyl (C=O) groups is 1. The smallest absolute Gasteiger partial charge is 0.338 e. The molecule has 1 aliphatic rings. The summed E-state index contributed by atoms with van der Waals surface area (Å²) < 4.78 is 17.4. The van der Waals surface area contributed by atoms with Gasteiger partial charge in [0.25, 0.3) is 0 Å². The predicted octanol–water partition coefficient (Wildman–Crippen LogP) is 2.93. The van der Waals surface area contributed by atoms with Crippen LogP contribution in [-0.4, -0.2) is 72.6 Å². The first kappa shape index (κ1) is 28.5. The van der Waals surface area contributed by atoms with E-state index in [0.29, 0.717) is 12.8 Å². The monoisotopic (exact) mass is 478 g/mol. The van der Waals surface area contributed by atoms with E-state index < -0.39 is 24.3 Å². The molecule has 34 heavy (non-hydrogen) atoms. The van der Waals surface area contributed by atoms with Crippen molar-refractivity contribution >= 4 is 5.97 Å². The largest absolute Gasteiger partial charge is 0.456 e. The summed E-state index contributed by atoms with van der Waals surface area (Å²) in [5, 5.41) is 30.8. The molecule has 7 heteroatoms. The summed E-state index contributed by atoms with van der Waals surface area (Å²) >= 11 is 0. The molecule has 1 heterocycles. The normalized spacial score (nSPS) is 29.7. The Balaban J connectivity index is 2.50. The summed E-state index contributed by atoms with van der Waals surface area (Å²) in [5.74, 6) is -0.951. The van der Waals surface area contributed by atoms with Crippen molar-refractivity contribution in [2.24, 2.45) is 5.92 Å². The van der Waals surface area contributed by atoms with Gasteiger partial charge in [-0.2, -0.15) is 0 Å². The Bertz CT molecular complexity index is 815. The third-order valence-corrected chi connectivity index (χ3v) is 7.12. The molecule has 0 saturated heterocycles. The number of methoxy groups -OCH3 is 2. The fourth-order valence-electron chi connectivity index (χ4n) is 4.56. The molecule has 0 fully saturated rings. The quantitative estimate of drug-likeness (QED) is 0.426. The number of aliphatic hydroxyl groups excluding tert-OH is 3. The zero-order valence-electron chi connectivity index (χ0n) is 21.4. The van der Waals surface area contributed by atoms with Crippen LogP contribution in [0.4, 0.5) is 0 Å². The Kier molecular flexibility index (Phi) is 10.7. The van der Waals surface area contributed by atoms with E-state index in [4.69, 9.17) is 14.2 Å². The van der Waals surface area contributed by atoms with Crippen LogP contribution in [0.2, 0.25) is 0 Å². The summed E-state index contributed by atoms with van der Waals surface area (Å²) in [6, 6.07) is 7.78. The van der Waals surface area contributed by atoms with Gasteiger partial charge in [-0.3, -0.25) is 0 Å². The highest BCUT2D eigenvalue weighted by Gasteiger charge is 2.36. The van der Waals surface area contributed by atoms with Crippen molar-refractivity contribution in [2.75, 3.05) is 20.8 Å². The molecule has 0 aromatic heterocycles. The first-order valence-electron chi connectivity index (χ1n) is 12.1. The third kappa shape index (κ3) is 7.12. The molecular formula is C27H42O7. The maximum atomic E-state index is 12.8. The van der Waals surface area contributed by atoms with Gasteiger partial charge in [0, 0.05) is 51.4 Å². The van der Waals surface area contributed by atoms with Gasteiger partial charge in [0.2, 0.25) is 0 Å². The Labute approximate surface area is 203 Å². The lowest BCUT2D eigenvalue weighted by Gasteiger charge is -2.37. The Morgan fingerprint density at radius 3 is 2.53 bits per heavy atom. The number of benzene rings is 1. The Morgan fingerprint density at radius 1 is 1.24 bits per heavy atom. The highest BCUT2D eigenvalue weighted by atomic mass is 16.6. The average molecular weight is 479 g/mol. The number of hydrogen-bond donors (Lipinski definition) is 3. The zero-order chi connectivity index (χ0) is 25.5. The number of cyclic esters (lactones) is 1. The number of ether oxygens (including phenoxy) is 3. The topological polar surface area (TPSA) is 105 Å². The molecule has 6 atom stereocenters. The van der Waals surface area contributed by atoms with E-state index >= 15 is 0 Å². The predicted molar refractivity (Wildman–Crippen MR) is 131 cm³/mol. The molecule has 0 saturated carbocycles. The van der Waals surface area contributed by atoms with Gasteiger partial charge in [-0.1, -0.05) is 51.1 Å². The molecule has 2 bridgehead atoms. The molecule has 1 aliphatic heterocycles. The fraction of sp³-hybridized carbons (Fsp3) is 0.667. The van der Waals surface area contributed by atoms with Crippen molar-refractivity contribution in [3.8, 4) is 0 Å². The number of rotatable bonds is 6. The summed E-state index contributed by atoms with van der Waals surface area (Å²) in [4.78, 5) is 12.8. The van der Waals surface area contributed by atoms with Crippen molar-refractivity contribution in [3.05, 3.63) is 47.0 Å². The van der Waals surface area contributed by atoms with Crippen LogP contribution in [0.3, 0.4) is 0 Å². The number of hydrogen-bond acceptors (Lipinski definition) is 7. The highest BCUT2D eigenvalue weighted by Crippen LogP contribution is 2.34.